The number of aliphatic carboxylic acids is 1. The number of hydrogen-bond acceptors (Lipinski definition) is 6. The van der Waals surface area contributed by atoms with Crippen molar-refractivity contribution in [1.82, 2.24) is 15.1 Å². The summed E-state index contributed by atoms with van der Waals surface area (Å²) in [7, 11) is 1.50. The number of carbonyl (C=O) groups excluding carboxylic acids is 2. The molecule has 2 aromatic rings. The number of nitrogens with one attached hydrogen (secondary N) is 1. The molecule has 0 bridgehead atoms. The maximum Gasteiger partial charge on any atom is 0.407 e. The molecule has 1 aliphatic carbocycles. The van der Waals surface area contributed by atoms with E-state index in [1.165, 1.54) is 18.2 Å². The number of carbonyl (C=O) groups is 3. The van der Waals surface area contributed by atoms with Gasteiger partial charge >= 0.3 is 12.1 Å². The Morgan fingerprint density at radius 3 is 2.17 bits per heavy atom. The lowest BCUT2D eigenvalue weighted by molar-refractivity contribution is -0.139. The number of piperazine rings is 1. The summed E-state index contributed by atoms with van der Waals surface area (Å²) in [5.41, 5.74) is 4.62. The fraction of sp³-hybridized carbons (Fsp3) is 0.423. The van der Waals surface area contributed by atoms with Gasteiger partial charge in [-0.2, -0.15) is 0 Å². The predicted molar refractivity (Wildman–Crippen MR) is 129 cm³/mol. The Morgan fingerprint density at radius 2 is 1.60 bits per heavy atom. The summed E-state index contributed by atoms with van der Waals surface area (Å²) in [6, 6.07) is 16.3. The molecule has 9 heteroatoms. The molecule has 35 heavy (non-hydrogen) atoms. The van der Waals surface area contributed by atoms with Gasteiger partial charge in [0, 0.05) is 45.8 Å². The van der Waals surface area contributed by atoms with Crippen molar-refractivity contribution in [1.29, 1.82) is 0 Å². The van der Waals surface area contributed by atoms with Crippen LogP contribution in [0.2, 0.25) is 0 Å². The minimum Gasteiger partial charge on any atom is -0.480 e. The first-order valence-electron chi connectivity index (χ1n) is 11.8. The standard InChI is InChI=1S/C26H31N3O6/c1-34-18(14-24(30)29-12-10-28(11-13-29)16-25(31)32)15-27-26(33)35-17-23-21-8-4-2-6-19(21)20-7-3-5-9-22(20)23/h2-9,18,23H,10-17H2,1H3,(H,27,33)(H,31,32). The predicted octanol–water partition coefficient (Wildman–Crippen LogP) is 2.16. The molecule has 0 aromatic heterocycles. The van der Waals surface area contributed by atoms with Gasteiger partial charge in [-0.1, -0.05) is 48.5 Å². The largest absolute Gasteiger partial charge is 0.480 e. The number of methoxy groups -OCH3 is 1. The van der Waals surface area contributed by atoms with Crippen LogP contribution in [0.5, 0.6) is 0 Å². The summed E-state index contributed by atoms with van der Waals surface area (Å²) in [6.07, 6.45) is -0.914. The van der Waals surface area contributed by atoms with Crippen LogP contribution >= 0.6 is 0 Å². The van der Waals surface area contributed by atoms with Crippen LogP contribution in [0.4, 0.5) is 4.79 Å². The van der Waals surface area contributed by atoms with E-state index in [0.29, 0.717) is 26.2 Å². The molecule has 1 saturated heterocycles. The fourth-order valence-corrected chi connectivity index (χ4v) is 4.76. The molecule has 0 saturated carbocycles. The smallest absolute Gasteiger partial charge is 0.407 e. The van der Waals surface area contributed by atoms with Crippen LogP contribution in [0.15, 0.2) is 48.5 Å². The number of benzene rings is 2. The Bertz CT molecular complexity index is 1020. The lowest BCUT2D eigenvalue weighted by Gasteiger charge is -2.34. The molecule has 1 unspecified atom stereocenters. The number of carboxylic acid groups (broad SMARTS) is 1. The zero-order valence-electron chi connectivity index (χ0n) is 19.8. The molecular weight excluding hydrogens is 450 g/mol. The van der Waals surface area contributed by atoms with Gasteiger partial charge in [0.15, 0.2) is 0 Å². The summed E-state index contributed by atoms with van der Waals surface area (Å²) >= 11 is 0. The molecule has 2 amide bonds. The van der Waals surface area contributed by atoms with Crippen LogP contribution < -0.4 is 5.32 Å². The van der Waals surface area contributed by atoms with Crippen molar-refractivity contribution in [2.24, 2.45) is 0 Å². The Balaban J connectivity index is 1.23. The van der Waals surface area contributed by atoms with Gasteiger partial charge in [-0.25, -0.2) is 4.79 Å². The van der Waals surface area contributed by atoms with Crippen LogP contribution in [-0.2, 0) is 19.1 Å². The minimum absolute atomic E-state index is 0.0206. The normalized spacial score (nSPS) is 16.3. The Labute approximate surface area is 204 Å². The molecule has 1 aliphatic heterocycles. The van der Waals surface area contributed by atoms with E-state index in [0.717, 1.165) is 11.1 Å². The summed E-state index contributed by atoms with van der Waals surface area (Å²) < 4.78 is 10.9. The van der Waals surface area contributed by atoms with E-state index < -0.39 is 18.2 Å². The highest BCUT2D eigenvalue weighted by molar-refractivity contribution is 5.79. The average Bonchev–Trinajstić information content (AvgIpc) is 3.19. The third-order valence-corrected chi connectivity index (χ3v) is 6.64. The molecule has 1 heterocycles. The van der Waals surface area contributed by atoms with Gasteiger partial charge in [-0.05, 0) is 22.3 Å². The van der Waals surface area contributed by atoms with E-state index in [9.17, 15) is 14.4 Å². The first-order valence-corrected chi connectivity index (χ1v) is 11.8. The first-order chi connectivity index (χ1) is 17.0. The number of hydrogen-bond donors (Lipinski definition) is 2. The van der Waals surface area contributed by atoms with Crippen LogP contribution in [-0.4, -0.2) is 92.0 Å². The van der Waals surface area contributed by atoms with E-state index >= 15 is 0 Å². The average molecular weight is 482 g/mol. The quantitative estimate of drug-likeness (QED) is 0.565. The monoisotopic (exact) mass is 481 g/mol. The van der Waals surface area contributed by atoms with Crippen LogP contribution in [0, 0.1) is 0 Å². The van der Waals surface area contributed by atoms with Crippen molar-refractivity contribution in [3.8, 4) is 11.1 Å². The van der Waals surface area contributed by atoms with E-state index in [-0.39, 0.29) is 37.9 Å². The first kappa shape index (κ1) is 24.7. The van der Waals surface area contributed by atoms with E-state index in [2.05, 4.69) is 29.6 Å². The summed E-state index contributed by atoms with van der Waals surface area (Å²) in [6.45, 7) is 2.34. The molecule has 0 radical (unpaired) electrons. The Morgan fingerprint density at radius 1 is 1.00 bits per heavy atom. The Hall–Kier alpha value is -3.43. The lowest BCUT2D eigenvalue weighted by Crippen LogP contribution is -2.50. The number of nitrogens with zero attached hydrogens (tertiary/aromatic N) is 2. The minimum atomic E-state index is -0.872. The van der Waals surface area contributed by atoms with Crippen molar-refractivity contribution >= 4 is 18.0 Å². The number of amides is 2. The number of rotatable bonds is 9. The zero-order valence-corrected chi connectivity index (χ0v) is 19.8. The topological polar surface area (TPSA) is 108 Å². The van der Waals surface area contributed by atoms with Crippen molar-refractivity contribution < 1.29 is 29.0 Å². The molecule has 9 nitrogen and oxygen atoms in total. The molecule has 1 fully saturated rings. The van der Waals surface area contributed by atoms with Gasteiger partial charge in [0.2, 0.25) is 5.91 Å². The molecule has 186 valence electrons. The van der Waals surface area contributed by atoms with Gasteiger partial charge in [0.25, 0.3) is 0 Å². The maximum absolute atomic E-state index is 12.6. The van der Waals surface area contributed by atoms with E-state index in [1.807, 2.05) is 24.3 Å². The second-order valence-electron chi connectivity index (χ2n) is 8.82. The second kappa shape index (κ2) is 11.3. The lowest BCUT2D eigenvalue weighted by atomic mass is 9.98. The molecular formula is C26H31N3O6. The highest BCUT2D eigenvalue weighted by atomic mass is 16.5. The number of carboxylic acids is 1. The third-order valence-electron chi connectivity index (χ3n) is 6.64. The molecule has 2 N–H and O–H groups in total. The van der Waals surface area contributed by atoms with Gasteiger partial charge in [-0.15, -0.1) is 0 Å². The summed E-state index contributed by atoms with van der Waals surface area (Å²) in [5, 5.41) is 11.6. The highest BCUT2D eigenvalue weighted by Crippen LogP contribution is 2.44. The summed E-state index contributed by atoms with van der Waals surface area (Å²) in [4.78, 5) is 39.4. The van der Waals surface area contributed by atoms with Crippen LogP contribution in [0.25, 0.3) is 11.1 Å². The molecule has 2 aliphatic rings. The van der Waals surface area contributed by atoms with Gasteiger partial charge in [-0.3, -0.25) is 14.5 Å². The number of fused-ring (bicyclic) bond motifs is 3. The van der Waals surface area contributed by atoms with Crippen molar-refractivity contribution in [2.75, 3.05) is 53.0 Å². The molecule has 4 rings (SSSR count). The highest BCUT2D eigenvalue weighted by Gasteiger charge is 2.29. The SMILES string of the molecule is COC(CNC(=O)OCC1c2ccccc2-c2ccccc21)CC(=O)N1CCN(CC(=O)O)CC1. The number of alkyl carbamates (subject to hydrolysis) is 1. The Kier molecular flexibility index (Phi) is 7.99. The van der Waals surface area contributed by atoms with Crippen LogP contribution in [0.3, 0.4) is 0 Å². The fourth-order valence-electron chi connectivity index (χ4n) is 4.76. The number of ether oxygens (including phenoxy) is 2. The van der Waals surface area contributed by atoms with E-state index in [1.54, 1.807) is 9.80 Å². The third kappa shape index (κ3) is 5.98. The van der Waals surface area contributed by atoms with Crippen molar-refractivity contribution in [2.45, 2.75) is 18.4 Å². The summed E-state index contributed by atoms with van der Waals surface area (Å²) in [5.74, 6) is -0.975. The van der Waals surface area contributed by atoms with Crippen molar-refractivity contribution in [3.63, 3.8) is 0 Å². The van der Waals surface area contributed by atoms with Crippen LogP contribution in [0.1, 0.15) is 23.5 Å². The van der Waals surface area contributed by atoms with Gasteiger partial charge in [0.1, 0.15) is 6.61 Å². The zero-order chi connectivity index (χ0) is 24.8. The molecule has 1 atom stereocenters. The van der Waals surface area contributed by atoms with E-state index in [4.69, 9.17) is 14.6 Å². The van der Waals surface area contributed by atoms with Gasteiger partial charge < -0.3 is 24.8 Å². The van der Waals surface area contributed by atoms with Gasteiger partial charge in [0.05, 0.1) is 19.1 Å². The molecule has 2 aromatic carbocycles. The molecule has 0 spiro atoms. The van der Waals surface area contributed by atoms with Crippen molar-refractivity contribution in [3.05, 3.63) is 59.7 Å². The second-order valence-corrected chi connectivity index (χ2v) is 8.82. The maximum atomic E-state index is 12.6.